The number of hydrogen-bond donors (Lipinski definition) is 1. The zero-order valence-electron chi connectivity index (χ0n) is 16.2. The van der Waals surface area contributed by atoms with Crippen molar-refractivity contribution in [3.63, 3.8) is 0 Å². The fraction of sp³-hybridized carbons (Fsp3) is 0.409. The fourth-order valence-electron chi connectivity index (χ4n) is 3.99. The second kappa shape index (κ2) is 8.19. The molecule has 2 aromatic rings. The van der Waals surface area contributed by atoms with Crippen molar-refractivity contribution in [3.05, 3.63) is 58.9 Å². The Kier molecular flexibility index (Phi) is 5.48. The Labute approximate surface area is 164 Å². The summed E-state index contributed by atoms with van der Waals surface area (Å²) < 4.78 is 24.3. The van der Waals surface area contributed by atoms with E-state index < -0.39 is 5.82 Å². The average Bonchev–Trinajstić information content (AvgIpc) is 3.16. The second-order valence-electron chi connectivity index (χ2n) is 7.49. The highest BCUT2D eigenvalue weighted by molar-refractivity contribution is 5.78. The van der Waals surface area contributed by atoms with Crippen LogP contribution in [0.5, 0.6) is 11.5 Å². The number of hydrogen-bond acceptors (Lipinski definition) is 3. The van der Waals surface area contributed by atoms with Gasteiger partial charge in [0, 0.05) is 12.0 Å². The van der Waals surface area contributed by atoms with Gasteiger partial charge in [0.1, 0.15) is 12.3 Å². The van der Waals surface area contributed by atoms with Crippen LogP contribution in [0.1, 0.15) is 16.7 Å². The molecular weight excluding hydrogens is 359 g/mol. The predicted molar refractivity (Wildman–Crippen MR) is 103 cm³/mol. The first kappa shape index (κ1) is 18.7. The molecule has 2 aliphatic heterocycles. The standard InChI is InChI=1S/C22H25FN2O3/c1-27-21-5-2-16(13-19(21)23)14-22(26)25-9-7-24(8-10-25)15-17-3-4-20-18(12-17)6-11-28-20/h2-5,12-13H,6-11,14-15H2,1H3/p+1. The smallest absolute Gasteiger partial charge is 0.227 e. The molecule has 0 aromatic heterocycles. The molecular formula is C22H26FN2O3+. The molecule has 0 bridgehead atoms. The number of piperazine rings is 1. The molecule has 0 radical (unpaired) electrons. The number of ether oxygens (including phenoxy) is 2. The third kappa shape index (κ3) is 4.12. The minimum atomic E-state index is -0.429. The molecule has 6 heteroatoms. The summed E-state index contributed by atoms with van der Waals surface area (Å²) in [5.41, 5.74) is 3.31. The second-order valence-corrected chi connectivity index (χ2v) is 7.49. The first-order chi connectivity index (χ1) is 13.6. The minimum absolute atomic E-state index is 0.0540. The number of nitrogens with zero attached hydrogens (tertiary/aromatic N) is 1. The topological polar surface area (TPSA) is 43.2 Å². The number of quaternary nitrogens is 1. The summed E-state index contributed by atoms with van der Waals surface area (Å²) >= 11 is 0. The Morgan fingerprint density at radius 1 is 1.18 bits per heavy atom. The van der Waals surface area contributed by atoms with Crippen molar-refractivity contribution in [3.8, 4) is 11.5 Å². The van der Waals surface area contributed by atoms with E-state index in [4.69, 9.17) is 9.47 Å². The zero-order chi connectivity index (χ0) is 19.5. The molecule has 28 heavy (non-hydrogen) atoms. The summed E-state index contributed by atoms with van der Waals surface area (Å²) in [7, 11) is 1.43. The van der Waals surface area contributed by atoms with Crippen molar-refractivity contribution in [1.82, 2.24) is 4.90 Å². The van der Waals surface area contributed by atoms with Gasteiger partial charge in [-0.1, -0.05) is 6.07 Å². The summed E-state index contributed by atoms with van der Waals surface area (Å²) in [4.78, 5) is 16.0. The quantitative estimate of drug-likeness (QED) is 0.842. The Morgan fingerprint density at radius 3 is 2.71 bits per heavy atom. The monoisotopic (exact) mass is 385 g/mol. The zero-order valence-corrected chi connectivity index (χ0v) is 16.2. The van der Waals surface area contributed by atoms with Crippen LogP contribution in [0.15, 0.2) is 36.4 Å². The summed E-state index contributed by atoms with van der Waals surface area (Å²) in [6, 6.07) is 11.2. The van der Waals surface area contributed by atoms with Crippen LogP contribution in [0.3, 0.4) is 0 Å². The van der Waals surface area contributed by atoms with Crippen LogP contribution >= 0.6 is 0 Å². The third-order valence-corrected chi connectivity index (χ3v) is 5.60. The van der Waals surface area contributed by atoms with Crippen molar-refractivity contribution < 1.29 is 23.6 Å². The van der Waals surface area contributed by atoms with Gasteiger partial charge in [-0.05, 0) is 41.5 Å². The number of nitrogens with one attached hydrogen (secondary N) is 1. The molecule has 0 aliphatic carbocycles. The Balaban J connectivity index is 1.29. The van der Waals surface area contributed by atoms with E-state index in [1.807, 2.05) is 4.90 Å². The molecule has 4 rings (SSSR count). The maximum Gasteiger partial charge on any atom is 0.227 e. The van der Waals surface area contributed by atoms with Crippen LogP contribution in [0, 0.1) is 5.82 Å². The van der Waals surface area contributed by atoms with Gasteiger partial charge >= 0.3 is 0 Å². The van der Waals surface area contributed by atoms with Gasteiger partial charge in [0.15, 0.2) is 11.6 Å². The van der Waals surface area contributed by atoms with E-state index in [0.717, 1.165) is 51.5 Å². The molecule has 2 aliphatic rings. The van der Waals surface area contributed by atoms with E-state index >= 15 is 0 Å². The number of carbonyl (C=O) groups excluding carboxylic acids is 1. The summed E-state index contributed by atoms with van der Waals surface area (Å²) in [5, 5.41) is 0. The van der Waals surface area contributed by atoms with E-state index in [9.17, 15) is 9.18 Å². The highest BCUT2D eigenvalue weighted by Crippen LogP contribution is 2.25. The lowest BCUT2D eigenvalue weighted by atomic mass is 10.1. The van der Waals surface area contributed by atoms with Crippen LogP contribution < -0.4 is 14.4 Å². The number of halogens is 1. The predicted octanol–water partition coefficient (Wildman–Crippen LogP) is 1.24. The van der Waals surface area contributed by atoms with Crippen LogP contribution in [0.25, 0.3) is 0 Å². The number of amides is 1. The van der Waals surface area contributed by atoms with Gasteiger partial charge in [-0.2, -0.15) is 0 Å². The van der Waals surface area contributed by atoms with E-state index in [-0.39, 0.29) is 18.1 Å². The molecule has 5 nitrogen and oxygen atoms in total. The number of fused-ring (bicyclic) bond motifs is 1. The summed E-state index contributed by atoms with van der Waals surface area (Å²) in [5.74, 6) is 0.843. The number of methoxy groups -OCH3 is 1. The van der Waals surface area contributed by atoms with Crippen LogP contribution in [0.2, 0.25) is 0 Å². The maximum atomic E-state index is 13.8. The van der Waals surface area contributed by atoms with Gasteiger partial charge in [-0.25, -0.2) is 4.39 Å². The van der Waals surface area contributed by atoms with Crippen LogP contribution in [0.4, 0.5) is 4.39 Å². The lowest BCUT2D eigenvalue weighted by Crippen LogP contribution is -3.13. The Morgan fingerprint density at radius 2 is 1.96 bits per heavy atom. The van der Waals surface area contributed by atoms with Gasteiger partial charge in [0.05, 0.1) is 46.3 Å². The van der Waals surface area contributed by atoms with E-state index in [1.165, 1.54) is 29.2 Å². The molecule has 1 N–H and O–H groups in total. The van der Waals surface area contributed by atoms with E-state index in [2.05, 4.69) is 18.2 Å². The molecule has 0 spiro atoms. The first-order valence-electron chi connectivity index (χ1n) is 9.81. The lowest BCUT2D eigenvalue weighted by Gasteiger charge is -2.32. The fourth-order valence-corrected chi connectivity index (χ4v) is 3.99. The Hall–Kier alpha value is -2.60. The molecule has 2 aromatic carbocycles. The molecule has 1 fully saturated rings. The average molecular weight is 385 g/mol. The van der Waals surface area contributed by atoms with Gasteiger partial charge < -0.3 is 19.3 Å². The van der Waals surface area contributed by atoms with E-state index in [0.29, 0.717) is 5.56 Å². The van der Waals surface area contributed by atoms with Crippen molar-refractivity contribution >= 4 is 5.91 Å². The molecule has 0 atom stereocenters. The lowest BCUT2D eigenvalue weighted by molar-refractivity contribution is -0.917. The maximum absolute atomic E-state index is 13.8. The number of benzene rings is 2. The SMILES string of the molecule is COc1ccc(CC(=O)N2CC[NH+](Cc3ccc4c(c3)CCO4)CC2)cc1F. The summed E-state index contributed by atoms with van der Waals surface area (Å²) in [6.07, 6.45) is 1.22. The van der Waals surface area contributed by atoms with Crippen molar-refractivity contribution in [2.75, 3.05) is 39.9 Å². The first-order valence-corrected chi connectivity index (χ1v) is 9.81. The van der Waals surface area contributed by atoms with Crippen molar-refractivity contribution in [2.24, 2.45) is 0 Å². The molecule has 1 amide bonds. The minimum Gasteiger partial charge on any atom is -0.494 e. The third-order valence-electron chi connectivity index (χ3n) is 5.60. The van der Waals surface area contributed by atoms with Crippen molar-refractivity contribution in [2.45, 2.75) is 19.4 Å². The molecule has 1 saturated heterocycles. The molecule has 0 saturated carbocycles. The van der Waals surface area contributed by atoms with Gasteiger partial charge in [0.25, 0.3) is 0 Å². The molecule has 2 heterocycles. The van der Waals surface area contributed by atoms with Crippen LogP contribution in [-0.4, -0.2) is 50.7 Å². The van der Waals surface area contributed by atoms with Gasteiger partial charge in [-0.15, -0.1) is 0 Å². The largest absolute Gasteiger partial charge is 0.494 e. The Bertz CT molecular complexity index is 863. The molecule has 0 unspecified atom stereocenters. The highest BCUT2D eigenvalue weighted by atomic mass is 19.1. The van der Waals surface area contributed by atoms with Crippen LogP contribution in [-0.2, 0) is 24.2 Å². The number of rotatable bonds is 5. The van der Waals surface area contributed by atoms with Gasteiger partial charge in [-0.3, -0.25) is 4.79 Å². The highest BCUT2D eigenvalue weighted by Gasteiger charge is 2.24. The van der Waals surface area contributed by atoms with Crippen molar-refractivity contribution in [1.29, 1.82) is 0 Å². The number of carbonyl (C=O) groups is 1. The van der Waals surface area contributed by atoms with E-state index in [1.54, 1.807) is 12.1 Å². The summed E-state index contributed by atoms with van der Waals surface area (Å²) in [6.45, 7) is 5.08. The molecule has 148 valence electrons. The van der Waals surface area contributed by atoms with Gasteiger partial charge in [0.2, 0.25) is 5.91 Å². The normalized spacial score (nSPS) is 16.6.